The quantitative estimate of drug-likeness (QED) is 0.825. The van der Waals surface area contributed by atoms with Crippen LogP contribution in [0, 0.1) is 6.92 Å². The van der Waals surface area contributed by atoms with Crippen LogP contribution in [0.3, 0.4) is 0 Å². The van der Waals surface area contributed by atoms with Gasteiger partial charge in [0.15, 0.2) is 0 Å². The highest BCUT2D eigenvalue weighted by molar-refractivity contribution is 7.11. The standard InChI is InChI=1S/C16H30N2OS/c1-9-13-12(4)20-14(17-13)16(7,18-11(2)3)10-15(5,6)19-8/h11,18H,9-10H2,1-8H3. The van der Waals surface area contributed by atoms with Crippen molar-refractivity contribution < 1.29 is 4.74 Å². The molecule has 0 radical (unpaired) electrons. The molecule has 1 unspecified atom stereocenters. The molecule has 0 saturated heterocycles. The van der Waals surface area contributed by atoms with Gasteiger partial charge in [0.25, 0.3) is 0 Å². The van der Waals surface area contributed by atoms with Gasteiger partial charge < -0.3 is 10.1 Å². The summed E-state index contributed by atoms with van der Waals surface area (Å²) in [4.78, 5) is 6.20. The predicted molar refractivity (Wildman–Crippen MR) is 87.6 cm³/mol. The number of nitrogens with zero attached hydrogens (tertiary/aromatic N) is 1. The van der Waals surface area contributed by atoms with Crippen LogP contribution in [0.5, 0.6) is 0 Å². The van der Waals surface area contributed by atoms with Crippen LogP contribution in [0.15, 0.2) is 0 Å². The average Bonchev–Trinajstić information content (AvgIpc) is 2.69. The molecule has 1 N–H and O–H groups in total. The Morgan fingerprint density at radius 1 is 1.30 bits per heavy atom. The molecule has 20 heavy (non-hydrogen) atoms. The molecule has 0 bridgehead atoms. The van der Waals surface area contributed by atoms with Gasteiger partial charge in [-0.1, -0.05) is 6.92 Å². The molecule has 0 saturated carbocycles. The lowest BCUT2D eigenvalue weighted by molar-refractivity contribution is -0.00855. The van der Waals surface area contributed by atoms with Gasteiger partial charge in [0.2, 0.25) is 0 Å². The maximum atomic E-state index is 5.64. The van der Waals surface area contributed by atoms with E-state index in [2.05, 4.69) is 53.8 Å². The fourth-order valence-electron chi connectivity index (χ4n) is 2.74. The Labute approximate surface area is 128 Å². The van der Waals surface area contributed by atoms with Gasteiger partial charge in [-0.2, -0.15) is 0 Å². The summed E-state index contributed by atoms with van der Waals surface area (Å²) in [5.74, 6) is 0. The maximum absolute atomic E-state index is 5.64. The summed E-state index contributed by atoms with van der Waals surface area (Å²) in [6.45, 7) is 15.2. The summed E-state index contributed by atoms with van der Waals surface area (Å²) < 4.78 is 5.64. The van der Waals surface area contributed by atoms with E-state index in [1.165, 1.54) is 15.6 Å². The SMILES string of the molecule is CCc1nc(C(C)(CC(C)(C)OC)NC(C)C)sc1C. The lowest BCUT2D eigenvalue weighted by atomic mass is 9.87. The Bertz CT molecular complexity index is 440. The first kappa shape index (κ1) is 17.6. The number of nitrogens with one attached hydrogen (secondary N) is 1. The molecule has 0 spiro atoms. The Balaban J connectivity index is 3.15. The third kappa shape index (κ3) is 4.27. The number of aromatic nitrogens is 1. The second kappa shape index (κ2) is 6.54. The fraction of sp³-hybridized carbons (Fsp3) is 0.812. The monoisotopic (exact) mass is 298 g/mol. The van der Waals surface area contributed by atoms with Gasteiger partial charge in [-0.25, -0.2) is 4.98 Å². The van der Waals surface area contributed by atoms with E-state index in [4.69, 9.17) is 9.72 Å². The minimum Gasteiger partial charge on any atom is -0.379 e. The second-order valence-electron chi connectivity index (χ2n) is 6.65. The zero-order valence-corrected chi connectivity index (χ0v) is 15.1. The third-order valence-electron chi connectivity index (χ3n) is 3.64. The van der Waals surface area contributed by atoms with Crippen LogP contribution >= 0.6 is 11.3 Å². The molecule has 1 aromatic rings. The fourth-order valence-corrected chi connectivity index (χ4v) is 3.85. The summed E-state index contributed by atoms with van der Waals surface area (Å²) >= 11 is 1.81. The van der Waals surface area contributed by atoms with Crippen molar-refractivity contribution in [3.8, 4) is 0 Å². The Hall–Kier alpha value is -0.450. The first-order valence-corrected chi connectivity index (χ1v) is 8.25. The summed E-state index contributed by atoms with van der Waals surface area (Å²) in [5.41, 5.74) is 0.885. The van der Waals surface area contributed by atoms with Crippen molar-refractivity contribution in [1.82, 2.24) is 10.3 Å². The van der Waals surface area contributed by atoms with Crippen molar-refractivity contribution in [3.63, 3.8) is 0 Å². The molecule has 0 aromatic carbocycles. The van der Waals surface area contributed by atoms with Crippen molar-refractivity contribution in [2.45, 2.75) is 78.5 Å². The van der Waals surface area contributed by atoms with E-state index in [0.717, 1.165) is 12.8 Å². The van der Waals surface area contributed by atoms with E-state index >= 15 is 0 Å². The van der Waals surface area contributed by atoms with Crippen LogP contribution in [-0.2, 0) is 16.7 Å². The largest absolute Gasteiger partial charge is 0.379 e. The molecule has 0 aliphatic carbocycles. The van der Waals surface area contributed by atoms with Crippen molar-refractivity contribution in [2.24, 2.45) is 0 Å². The van der Waals surface area contributed by atoms with Crippen LogP contribution in [-0.4, -0.2) is 23.7 Å². The van der Waals surface area contributed by atoms with E-state index in [9.17, 15) is 0 Å². The van der Waals surface area contributed by atoms with Crippen molar-refractivity contribution in [3.05, 3.63) is 15.6 Å². The summed E-state index contributed by atoms with van der Waals surface area (Å²) in [5, 5.41) is 4.87. The van der Waals surface area contributed by atoms with E-state index in [1.54, 1.807) is 7.11 Å². The molecule has 116 valence electrons. The zero-order chi connectivity index (χ0) is 15.6. The topological polar surface area (TPSA) is 34.1 Å². The minimum atomic E-state index is -0.178. The summed E-state index contributed by atoms with van der Waals surface area (Å²) in [6.07, 6.45) is 1.89. The Morgan fingerprint density at radius 3 is 2.30 bits per heavy atom. The van der Waals surface area contributed by atoms with Crippen LogP contribution in [0.25, 0.3) is 0 Å². The van der Waals surface area contributed by atoms with Crippen molar-refractivity contribution in [1.29, 1.82) is 0 Å². The number of hydrogen-bond donors (Lipinski definition) is 1. The molecular formula is C16H30N2OS. The van der Waals surface area contributed by atoms with E-state index in [-0.39, 0.29) is 11.1 Å². The highest BCUT2D eigenvalue weighted by Crippen LogP contribution is 2.35. The van der Waals surface area contributed by atoms with E-state index < -0.39 is 0 Å². The zero-order valence-electron chi connectivity index (χ0n) is 14.3. The lowest BCUT2D eigenvalue weighted by Crippen LogP contribution is -2.48. The second-order valence-corrected chi connectivity index (χ2v) is 7.85. The molecule has 0 amide bonds. The number of methoxy groups -OCH3 is 1. The Morgan fingerprint density at radius 2 is 1.90 bits per heavy atom. The highest BCUT2D eigenvalue weighted by atomic mass is 32.1. The molecule has 0 aliphatic rings. The van der Waals surface area contributed by atoms with Crippen LogP contribution in [0.4, 0.5) is 0 Å². The van der Waals surface area contributed by atoms with Gasteiger partial charge in [0.05, 0.1) is 16.8 Å². The molecule has 1 atom stereocenters. The maximum Gasteiger partial charge on any atom is 0.113 e. The molecule has 4 heteroatoms. The van der Waals surface area contributed by atoms with Crippen molar-refractivity contribution >= 4 is 11.3 Å². The molecule has 0 aliphatic heterocycles. The average molecular weight is 298 g/mol. The molecule has 1 heterocycles. The molecular weight excluding hydrogens is 268 g/mol. The molecule has 1 rings (SSSR count). The van der Waals surface area contributed by atoms with Gasteiger partial charge in [0, 0.05) is 24.4 Å². The van der Waals surface area contributed by atoms with E-state index in [1.807, 2.05) is 11.3 Å². The smallest absolute Gasteiger partial charge is 0.113 e. The van der Waals surface area contributed by atoms with Crippen LogP contribution < -0.4 is 5.32 Å². The number of thiazole rings is 1. The number of aryl methyl sites for hydroxylation is 2. The normalized spacial score (nSPS) is 15.7. The number of ether oxygens (including phenoxy) is 1. The number of rotatable bonds is 7. The lowest BCUT2D eigenvalue weighted by Gasteiger charge is -2.37. The first-order chi connectivity index (χ1) is 9.13. The Kier molecular flexibility index (Phi) is 5.76. The highest BCUT2D eigenvalue weighted by Gasteiger charge is 2.37. The minimum absolute atomic E-state index is 0.156. The van der Waals surface area contributed by atoms with Crippen molar-refractivity contribution in [2.75, 3.05) is 7.11 Å². The number of hydrogen-bond acceptors (Lipinski definition) is 4. The molecule has 0 fully saturated rings. The van der Waals surface area contributed by atoms with Gasteiger partial charge >= 0.3 is 0 Å². The van der Waals surface area contributed by atoms with Crippen LogP contribution in [0.1, 0.15) is 63.5 Å². The van der Waals surface area contributed by atoms with Gasteiger partial charge in [-0.3, -0.25) is 0 Å². The van der Waals surface area contributed by atoms with Gasteiger partial charge in [0.1, 0.15) is 5.01 Å². The summed E-state index contributed by atoms with van der Waals surface area (Å²) in [6, 6.07) is 0.405. The van der Waals surface area contributed by atoms with Gasteiger partial charge in [-0.15, -0.1) is 11.3 Å². The van der Waals surface area contributed by atoms with E-state index in [0.29, 0.717) is 6.04 Å². The molecule has 3 nitrogen and oxygen atoms in total. The summed E-state index contributed by atoms with van der Waals surface area (Å²) in [7, 11) is 1.78. The van der Waals surface area contributed by atoms with Crippen LogP contribution in [0.2, 0.25) is 0 Å². The molecule has 1 aromatic heterocycles. The predicted octanol–water partition coefficient (Wildman–Crippen LogP) is 4.04. The van der Waals surface area contributed by atoms with Gasteiger partial charge in [-0.05, 0) is 48.0 Å². The first-order valence-electron chi connectivity index (χ1n) is 7.43. The third-order valence-corrected chi connectivity index (χ3v) is 4.92.